The zero-order valence-corrected chi connectivity index (χ0v) is 11.0. The first-order valence-electron chi connectivity index (χ1n) is 6.57. The molecule has 0 saturated carbocycles. The molecule has 19 heavy (non-hydrogen) atoms. The molecule has 0 spiro atoms. The lowest BCUT2D eigenvalue weighted by Crippen LogP contribution is -2.34. The van der Waals surface area contributed by atoms with Crippen LogP contribution in [0, 0.1) is 5.92 Å². The number of aliphatic carboxylic acids is 1. The number of carboxylic acid groups (broad SMARTS) is 1. The van der Waals surface area contributed by atoms with Crippen molar-refractivity contribution < 1.29 is 14.7 Å². The van der Waals surface area contributed by atoms with E-state index < -0.39 is 5.97 Å². The highest BCUT2D eigenvalue weighted by molar-refractivity contribution is 5.80. The highest BCUT2D eigenvalue weighted by atomic mass is 16.4. The second kappa shape index (κ2) is 5.86. The van der Waals surface area contributed by atoms with Crippen LogP contribution in [0.5, 0.6) is 0 Å². The van der Waals surface area contributed by atoms with Crippen LogP contribution >= 0.6 is 0 Å². The van der Waals surface area contributed by atoms with Crippen molar-refractivity contribution in [1.29, 1.82) is 0 Å². The van der Waals surface area contributed by atoms with E-state index in [9.17, 15) is 9.59 Å². The van der Waals surface area contributed by atoms with Gasteiger partial charge in [0.2, 0.25) is 5.91 Å². The smallest absolute Gasteiger partial charge is 0.303 e. The zero-order chi connectivity index (χ0) is 13.8. The lowest BCUT2D eigenvalue weighted by Gasteiger charge is -2.21. The number of rotatable bonds is 5. The highest BCUT2D eigenvalue weighted by Gasteiger charge is 2.29. The van der Waals surface area contributed by atoms with E-state index in [-0.39, 0.29) is 18.4 Å². The fourth-order valence-corrected chi connectivity index (χ4v) is 2.48. The lowest BCUT2D eigenvalue weighted by atomic mass is 10.0. The first-order valence-corrected chi connectivity index (χ1v) is 6.57. The minimum absolute atomic E-state index is 0.0570. The summed E-state index contributed by atoms with van der Waals surface area (Å²) in [6.07, 6.45) is 5.16. The first kappa shape index (κ1) is 13.6. The Kier molecular flexibility index (Phi) is 4.19. The Morgan fingerprint density at radius 3 is 2.95 bits per heavy atom. The summed E-state index contributed by atoms with van der Waals surface area (Å²) in [4.78, 5) is 24.6. The molecule has 1 aromatic rings. The standard InChI is InChI=1S/C13H19N3O3/c1-10(16-7-2-6-14-16)13(19)15-8-5-11(9-15)3-4-12(17)18/h2,6-7,10-11H,3-5,8-9H2,1H3,(H,17,18). The number of carboxylic acids is 1. The summed E-state index contributed by atoms with van der Waals surface area (Å²) >= 11 is 0. The van der Waals surface area contributed by atoms with Gasteiger partial charge in [0.25, 0.3) is 0 Å². The van der Waals surface area contributed by atoms with Gasteiger partial charge in [-0.3, -0.25) is 14.3 Å². The maximum absolute atomic E-state index is 12.3. The summed E-state index contributed by atoms with van der Waals surface area (Å²) in [5.41, 5.74) is 0. The molecule has 6 nitrogen and oxygen atoms in total. The van der Waals surface area contributed by atoms with Crippen molar-refractivity contribution in [3.8, 4) is 0 Å². The van der Waals surface area contributed by atoms with Gasteiger partial charge < -0.3 is 10.0 Å². The predicted octanol–water partition coefficient (Wildman–Crippen LogP) is 1.16. The van der Waals surface area contributed by atoms with Gasteiger partial charge in [0, 0.05) is 31.9 Å². The van der Waals surface area contributed by atoms with Gasteiger partial charge in [0.15, 0.2) is 0 Å². The zero-order valence-electron chi connectivity index (χ0n) is 11.0. The molecule has 2 heterocycles. The Labute approximate surface area is 112 Å². The number of amides is 1. The van der Waals surface area contributed by atoms with Crippen LogP contribution in [0.15, 0.2) is 18.5 Å². The van der Waals surface area contributed by atoms with Crippen molar-refractivity contribution in [2.24, 2.45) is 5.92 Å². The summed E-state index contributed by atoms with van der Waals surface area (Å²) in [7, 11) is 0. The Hall–Kier alpha value is -1.85. The minimum atomic E-state index is -0.769. The third-order valence-electron chi connectivity index (χ3n) is 3.64. The molecule has 104 valence electrons. The molecule has 2 atom stereocenters. The number of likely N-dealkylation sites (tertiary alicyclic amines) is 1. The van der Waals surface area contributed by atoms with Crippen LogP contribution in [-0.2, 0) is 9.59 Å². The van der Waals surface area contributed by atoms with Gasteiger partial charge in [0.1, 0.15) is 6.04 Å². The predicted molar refractivity (Wildman–Crippen MR) is 68.5 cm³/mol. The van der Waals surface area contributed by atoms with Crippen LogP contribution in [0.25, 0.3) is 0 Å². The molecule has 1 aromatic heterocycles. The number of nitrogens with zero attached hydrogens (tertiary/aromatic N) is 3. The Morgan fingerprint density at radius 2 is 2.32 bits per heavy atom. The van der Waals surface area contributed by atoms with E-state index in [0.29, 0.717) is 25.4 Å². The molecule has 0 radical (unpaired) electrons. The van der Waals surface area contributed by atoms with E-state index in [4.69, 9.17) is 5.11 Å². The fraction of sp³-hybridized carbons (Fsp3) is 0.615. The molecule has 1 amide bonds. The van der Waals surface area contributed by atoms with Crippen molar-refractivity contribution in [3.63, 3.8) is 0 Å². The van der Waals surface area contributed by atoms with Crippen LogP contribution < -0.4 is 0 Å². The van der Waals surface area contributed by atoms with E-state index in [0.717, 1.165) is 6.42 Å². The van der Waals surface area contributed by atoms with Crippen molar-refractivity contribution in [1.82, 2.24) is 14.7 Å². The fourth-order valence-electron chi connectivity index (χ4n) is 2.48. The van der Waals surface area contributed by atoms with Crippen LogP contribution in [0.2, 0.25) is 0 Å². The van der Waals surface area contributed by atoms with E-state index in [2.05, 4.69) is 5.10 Å². The second-order valence-corrected chi connectivity index (χ2v) is 5.03. The normalized spacial score (nSPS) is 20.5. The number of hydrogen-bond donors (Lipinski definition) is 1. The molecule has 1 N–H and O–H groups in total. The quantitative estimate of drug-likeness (QED) is 0.866. The van der Waals surface area contributed by atoms with E-state index >= 15 is 0 Å². The molecule has 2 rings (SSSR count). The molecule has 1 aliphatic heterocycles. The molecule has 2 unspecified atom stereocenters. The Bertz CT molecular complexity index is 444. The molecule has 1 saturated heterocycles. The van der Waals surface area contributed by atoms with E-state index in [1.165, 1.54) is 0 Å². The maximum Gasteiger partial charge on any atom is 0.303 e. The third-order valence-corrected chi connectivity index (χ3v) is 3.64. The van der Waals surface area contributed by atoms with Gasteiger partial charge in [-0.15, -0.1) is 0 Å². The Morgan fingerprint density at radius 1 is 1.53 bits per heavy atom. The number of aromatic nitrogens is 2. The lowest BCUT2D eigenvalue weighted by molar-refractivity contribution is -0.137. The minimum Gasteiger partial charge on any atom is -0.481 e. The molecule has 0 aliphatic carbocycles. The monoisotopic (exact) mass is 265 g/mol. The van der Waals surface area contributed by atoms with Crippen LogP contribution in [0.1, 0.15) is 32.2 Å². The maximum atomic E-state index is 12.3. The van der Waals surface area contributed by atoms with Gasteiger partial charge in [-0.1, -0.05) is 0 Å². The highest BCUT2D eigenvalue weighted by Crippen LogP contribution is 2.23. The molecule has 6 heteroatoms. The van der Waals surface area contributed by atoms with Crippen molar-refractivity contribution in [3.05, 3.63) is 18.5 Å². The number of carbonyl (C=O) groups is 2. The van der Waals surface area contributed by atoms with E-state index in [1.807, 2.05) is 11.8 Å². The molecular formula is C13H19N3O3. The van der Waals surface area contributed by atoms with Gasteiger partial charge in [-0.2, -0.15) is 5.10 Å². The summed E-state index contributed by atoms with van der Waals surface area (Å²) < 4.78 is 1.65. The van der Waals surface area contributed by atoms with Crippen molar-refractivity contribution in [2.45, 2.75) is 32.2 Å². The van der Waals surface area contributed by atoms with Crippen LogP contribution in [-0.4, -0.2) is 44.8 Å². The summed E-state index contributed by atoms with van der Waals surface area (Å²) in [6, 6.07) is 1.50. The van der Waals surface area contributed by atoms with Gasteiger partial charge in [0.05, 0.1) is 0 Å². The summed E-state index contributed by atoms with van der Waals surface area (Å²) in [6.45, 7) is 3.21. The first-order chi connectivity index (χ1) is 9.08. The summed E-state index contributed by atoms with van der Waals surface area (Å²) in [5, 5.41) is 12.7. The van der Waals surface area contributed by atoms with Gasteiger partial charge >= 0.3 is 5.97 Å². The second-order valence-electron chi connectivity index (χ2n) is 5.03. The molecule has 1 aliphatic rings. The average molecular weight is 265 g/mol. The Balaban J connectivity index is 1.86. The van der Waals surface area contributed by atoms with Crippen molar-refractivity contribution in [2.75, 3.05) is 13.1 Å². The van der Waals surface area contributed by atoms with Gasteiger partial charge in [-0.05, 0) is 31.7 Å². The topological polar surface area (TPSA) is 75.4 Å². The third kappa shape index (κ3) is 3.33. The SMILES string of the molecule is CC(C(=O)N1CCC(CCC(=O)O)C1)n1cccn1. The molecule has 0 bridgehead atoms. The number of carbonyl (C=O) groups excluding carboxylic acids is 1. The largest absolute Gasteiger partial charge is 0.481 e. The average Bonchev–Trinajstić information content (AvgIpc) is 3.05. The van der Waals surface area contributed by atoms with Crippen LogP contribution in [0.4, 0.5) is 0 Å². The summed E-state index contributed by atoms with van der Waals surface area (Å²) in [5.74, 6) is -0.402. The van der Waals surface area contributed by atoms with Crippen LogP contribution in [0.3, 0.4) is 0 Å². The van der Waals surface area contributed by atoms with Gasteiger partial charge in [-0.25, -0.2) is 0 Å². The van der Waals surface area contributed by atoms with Crippen molar-refractivity contribution >= 4 is 11.9 Å². The number of hydrogen-bond acceptors (Lipinski definition) is 3. The molecule has 1 fully saturated rings. The van der Waals surface area contributed by atoms with E-state index in [1.54, 1.807) is 23.1 Å². The molecule has 0 aromatic carbocycles. The molecular weight excluding hydrogens is 246 g/mol.